The minimum absolute atomic E-state index is 0.0150. The fourth-order valence-corrected chi connectivity index (χ4v) is 4.78. The van der Waals surface area contributed by atoms with Crippen LogP contribution in [0.3, 0.4) is 0 Å². The summed E-state index contributed by atoms with van der Waals surface area (Å²) < 4.78 is 31.8. The van der Waals surface area contributed by atoms with Gasteiger partial charge in [-0.05, 0) is 29.8 Å². The van der Waals surface area contributed by atoms with Crippen LogP contribution in [0.5, 0.6) is 5.75 Å². The molecule has 1 saturated heterocycles. The summed E-state index contributed by atoms with van der Waals surface area (Å²) in [6.45, 7) is 2.41. The molecular formula is C20H26N3O4S+. The molecule has 8 heteroatoms. The summed E-state index contributed by atoms with van der Waals surface area (Å²) in [5, 5.41) is 2.87. The van der Waals surface area contributed by atoms with E-state index in [0.717, 1.165) is 16.2 Å². The topological polar surface area (TPSA) is 80.2 Å². The minimum atomic E-state index is -3.34. The Kier molecular flexibility index (Phi) is 6.66. The maximum atomic E-state index is 12.6. The van der Waals surface area contributed by atoms with Gasteiger partial charge in [-0.1, -0.05) is 30.3 Å². The van der Waals surface area contributed by atoms with Crippen molar-refractivity contribution in [3.8, 4) is 5.75 Å². The van der Waals surface area contributed by atoms with E-state index in [0.29, 0.717) is 38.4 Å². The fraction of sp³-hybridized carbons (Fsp3) is 0.350. The van der Waals surface area contributed by atoms with Gasteiger partial charge in [0.15, 0.2) is 6.54 Å². The molecule has 3 rings (SSSR count). The molecule has 1 aliphatic rings. The van der Waals surface area contributed by atoms with Gasteiger partial charge in [-0.15, -0.1) is 0 Å². The Morgan fingerprint density at radius 1 is 1.07 bits per heavy atom. The van der Waals surface area contributed by atoms with Crippen LogP contribution in [0.2, 0.25) is 0 Å². The molecule has 2 aromatic carbocycles. The van der Waals surface area contributed by atoms with E-state index in [9.17, 15) is 13.2 Å². The minimum Gasteiger partial charge on any atom is -0.497 e. The number of hydrogen-bond acceptors (Lipinski definition) is 4. The van der Waals surface area contributed by atoms with Crippen molar-refractivity contribution in [1.82, 2.24) is 4.31 Å². The Hall–Kier alpha value is -2.42. The molecular weight excluding hydrogens is 378 g/mol. The second-order valence-corrected chi connectivity index (χ2v) is 8.81. The second-order valence-electron chi connectivity index (χ2n) is 6.84. The van der Waals surface area contributed by atoms with Gasteiger partial charge in [0.2, 0.25) is 10.0 Å². The maximum Gasteiger partial charge on any atom is 0.279 e. The van der Waals surface area contributed by atoms with Crippen LogP contribution in [-0.4, -0.2) is 58.5 Å². The standard InChI is InChI=1S/C20H25N3O4S/c1-27-19-9-7-18(8-10-19)21-20(24)15-22-11-13-23(14-12-22)28(25,26)16-17-5-3-2-4-6-17/h2-10H,11-16H2,1H3,(H,21,24)/p+1. The normalized spacial score (nSPS) is 15.9. The van der Waals surface area contributed by atoms with Crippen LogP contribution < -0.4 is 15.0 Å². The lowest BCUT2D eigenvalue weighted by Gasteiger charge is -2.31. The lowest BCUT2D eigenvalue weighted by atomic mass is 10.2. The third-order valence-corrected chi connectivity index (χ3v) is 6.65. The van der Waals surface area contributed by atoms with E-state index < -0.39 is 10.0 Å². The number of carbonyl (C=O) groups excluding carboxylic acids is 1. The Morgan fingerprint density at radius 2 is 1.71 bits per heavy atom. The first kappa shape index (κ1) is 20.3. The lowest BCUT2D eigenvalue weighted by Crippen LogP contribution is -3.15. The lowest BCUT2D eigenvalue weighted by molar-refractivity contribution is -0.895. The van der Waals surface area contributed by atoms with E-state index in [1.165, 1.54) is 4.31 Å². The van der Waals surface area contributed by atoms with Crippen LogP contribution in [0.4, 0.5) is 5.69 Å². The number of piperazine rings is 1. The number of amides is 1. The molecule has 1 fully saturated rings. The van der Waals surface area contributed by atoms with Crippen molar-refractivity contribution >= 4 is 21.6 Å². The predicted molar refractivity (Wildman–Crippen MR) is 108 cm³/mol. The Labute approximate surface area is 166 Å². The summed E-state index contributed by atoms with van der Waals surface area (Å²) in [5.74, 6) is 0.665. The monoisotopic (exact) mass is 404 g/mol. The van der Waals surface area contributed by atoms with Crippen molar-refractivity contribution in [3.05, 3.63) is 60.2 Å². The summed E-state index contributed by atoms with van der Waals surface area (Å²) in [7, 11) is -1.74. The van der Waals surface area contributed by atoms with Gasteiger partial charge in [0.25, 0.3) is 5.91 Å². The smallest absolute Gasteiger partial charge is 0.279 e. The third kappa shape index (κ3) is 5.54. The van der Waals surface area contributed by atoms with Crippen molar-refractivity contribution < 1.29 is 22.8 Å². The zero-order valence-electron chi connectivity index (χ0n) is 15.9. The molecule has 0 radical (unpaired) electrons. The highest BCUT2D eigenvalue weighted by molar-refractivity contribution is 7.88. The number of benzene rings is 2. The molecule has 7 nitrogen and oxygen atoms in total. The van der Waals surface area contributed by atoms with Crippen LogP contribution in [0.15, 0.2) is 54.6 Å². The fourth-order valence-electron chi connectivity index (χ4n) is 3.24. The highest BCUT2D eigenvalue weighted by Crippen LogP contribution is 2.14. The largest absolute Gasteiger partial charge is 0.497 e. The van der Waals surface area contributed by atoms with E-state index in [4.69, 9.17) is 4.74 Å². The van der Waals surface area contributed by atoms with E-state index in [1.54, 1.807) is 31.4 Å². The molecule has 1 aliphatic heterocycles. The molecule has 2 N–H and O–H groups in total. The van der Waals surface area contributed by atoms with Gasteiger partial charge in [-0.3, -0.25) is 4.79 Å². The van der Waals surface area contributed by atoms with Gasteiger partial charge in [0.1, 0.15) is 5.75 Å². The van der Waals surface area contributed by atoms with Crippen molar-refractivity contribution in [3.63, 3.8) is 0 Å². The molecule has 0 atom stereocenters. The highest BCUT2D eigenvalue weighted by Gasteiger charge is 2.29. The average molecular weight is 405 g/mol. The SMILES string of the molecule is COc1ccc(NC(=O)C[NH+]2CCN(S(=O)(=O)Cc3ccccc3)CC2)cc1. The van der Waals surface area contributed by atoms with Gasteiger partial charge in [0.05, 0.1) is 39.0 Å². The number of rotatable bonds is 7. The first-order chi connectivity index (χ1) is 13.5. The van der Waals surface area contributed by atoms with E-state index in [1.807, 2.05) is 30.3 Å². The Balaban J connectivity index is 1.47. The first-order valence-corrected chi connectivity index (χ1v) is 10.9. The predicted octanol–water partition coefficient (Wildman–Crippen LogP) is 0.364. The van der Waals surface area contributed by atoms with Crippen LogP contribution in [0.25, 0.3) is 0 Å². The summed E-state index contributed by atoms with van der Waals surface area (Å²) in [6, 6.07) is 16.4. The number of nitrogens with zero attached hydrogens (tertiary/aromatic N) is 1. The molecule has 0 unspecified atom stereocenters. The Morgan fingerprint density at radius 3 is 2.32 bits per heavy atom. The van der Waals surface area contributed by atoms with Gasteiger partial charge < -0.3 is 15.0 Å². The zero-order valence-corrected chi connectivity index (χ0v) is 16.7. The Bertz CT molecular complexity index is 877. The van der Waals surface area contributed by atoms with Gasteiger partial charge in [-0.25, -0.2) is 8.42 Å². The number of sulfonamides is 1. The number of anilines is 1. The molecule has 2 aromatic rings. The van der Waals surface area contributed by atoms with Gasteiger partial charge in [-0.2, -0.15) is 4.31 Å². The second kappa shape index (κ2) is 9.18. The van der Waals surface area contributed by atoms with E-state index in [-0.39, 0.29) is 11.7 Å². The number of nitrogens with one attached hydrogen (secondary N) is 2. The van der Waals surface area contributed by atoms with Crippen molar-refractivity contribution in [2.75, 3.05) is 45.2 Å². The zero-order chi connectivity index (χ0) is 20.0. The van der Waals surface area contributed by atoms with Crippen LogP contribution in [0.1, 0.15) is 5.56 Å². The van der Waals surface area contributed by atoms with Crippen LogP contribution in [0, 0.1) is 0 Å². The first-order valence-electron chi connectivity index (χ1n) is 9.25. The van der Waals surface area contributed by atoms with Crippen molar-refractivity contribution in [2.24, 2.45) is 0 Å². The number of methoxy groups -OCH3 is 1. The number of carbonyl (C=O) groups is 1. The summed E-state index contributed by atoms with van der Waals surface area (Å²) in [5.41, 5.74) is 1.51. The number of quaternary nitrogens is 1. The summed E-state index contributed by atoms with van der Waals surface area (Å²) >= 11 is 0. The van der Waals surface area contributed by atoms with Gasteiger partial charge >= 0.3 is 0 Å². The van der Waals surface area contributed by atoms with Crippen LogP contribution >= 0.6 is 0 Å². The van der Waals surface area contributed by atoms with E-state index in [2.05, 4.69) is 5.32 Å². The highest BCUT2D eigenvalue weighted by atomic mass is 32.2. The van der Waals surface area contributed by atoms with E-state index >= 15 is 0 Å². The number of hydrogen-bond donors (Lipinski definition) is 2. The molecule has 150 valence electrons. The quantitative estimate of drug-likeness (QED) is 0.699. The molecule has 28 heavy (non-hydrogen) atoms. The molecule has 1 heterocycles. The third-order valence-electron chi connectivity index (χ3n) is 4.80. The molecule has 1 amide bonds. The average Bonchev–Trinajstić information content (AvgIpc) is 2.69. The van der Waals surface area contributed by atoms with Crippen LogP contribution in [-0.2, 0) is 20.6 Å². The van der Waals surface area contributed by atoms with Crippen molar-refractivity contribution in [1.29, 1.82) is 0 Å². The molecule has 0 saturated carbocycles. The summed E-state index contributed by atoms with van der Waals surface area (Å²) in [6.07, 6.45) is 0. The summed E-state index contributed by atoms with van der Waals surface area (Å²) in [4.78, 5) is 13.3. The number of ether oxygens (including phenoxy) is 1. The maximum absolute atomic E-state index is 12.6. The van der Waals surface area contributed by atoms with Gasteiger partial charge in [0, 0.05) is 5.69 Å². The molecule has 0 aliphatic carbocycles. The molecule has 0 bridgehead atoms. The molecule has 0 spiro atoms. The van der Waals surface area contributed by atoms with Crippen molar-refractivity contribution in [2.45, 2.75) is 5.75 Å². The molecule has 0 aromatic heterocycles.